The maximum atomic E-state index is 12.3. The summed E-state index contributed by atoms with van der Waals surface area (Å²) in [5.74, 6) is 0.610. The predicted octanol–water partition coefficient (Wildman–Crippen LogP) is 3.63. The fraction of sp³-hybridized carbons (Fsp3) is 0.300. The lowest BCUT2D eigenvalue weighted by molar-refractivity contribution is -0.155. The second-order valence-electron chi connectivity index (χ2n) is 6.35. The van der Waals surface area contributed by atoms with Crippen molar-refractivity contribution >= 4 is 29.2 Å². The van der Waals surface area contributed by atoms with E-state index in [4.69, 9.17) is 30.5 Å². The summed E-state index contributed by atoms with van der Waals surface area (Å²) in [6.07, 6.45) is -0.992. The highest BCUT2D eigenvalue weighted by atomic mass is 35.5. The molecular weight excluding hydrogens is 386 g/mol. The van der Waals surface area contributed by atoms with E-state index in [2.05, 4.69) is 5.32 Å². The van der Waals surface area contributed by atoms with Gasteiger partial charge in [-0.25, -0.2) is 4.79 Å². The lowest BCUT2D eigenvalue weighted by Gasteiger charge is -2.15. The van der Waals surface area contributed by atoms with Crippen LogP contribution < -0.4 is 19.5 Å². The van der Waals surface area contributed by atoms with Crippen LogP contribution in [0, 0.1) is 13.8 Å². The number of carbonyl (C=O) groups excluding carboxylic acids is 2. The molecule has 0 bridgehead atoms. The fourth-order valence-corrected chi connectivity index (χ4v) is 3.09. The highest BCUT2D eigenvalue weighted by molar-refractivity contribution is 6.30. The second-order valence-corrected chi connectivity index (χ2v) is 6.78. The Balaban J connectivity index is 1.52. The summed E-state index contributed by atoms with van der Waals surface area (Å²) >= 11 is 5.98. The fourth-order valence-electron chi connectivity index (χ4n) is 2.76. The molecule has 3 rings (SSSR count). The molecule has 0 spiro atoms. The van der Waals surface area contributed by atoms with Crippen LogP contribution in [-0.2, 0) is 14.3 Å². The van der Waals surface area contributed by atoms with E-state index >= 15 is 0 Å². The number of carbonyl (C=O) groups is 2. The summed E-state index contributed by atoms with van der Waals surface area (Å²) in [4.78, 5) is 24.3. The van der Waals surface area contributed by atoms with Gasteiger partial charge in [0.05, 0.1) is 0 Å². The topological polar surface area (TPSA) is 83.1 Å². The average molecular weight is 406 g/mol. The summed E-state index contributed by atoms with van der Waals surface area (Å²) in [5, 5.41) is 3.26. The first-order chi connectivity index (χ1) is 13.3. The first kappa shape index (κ1) is 19.8. The summed E-state index contributed by atoms with van der Waals surface area (Å²) < 4.78 is 21.2. The number of aryl methyl sites for hydroxylation is 2. The largest absolute Gasteiger partial charge is 0.481 e. The molecule has 7 nitrogen and oxygen atoms in total. The van der Waals surface area contributed by atoms with Gasteiger partial charge in [0.15, 0.2) is 24.2 Å². The quantitative estimate of drug-likeness (QED) is 0.739. The van der Waals surface area contributed by atoms with Crippen molar-refractivity contribution in [1.29, 1.82) is 0 Å². The molecule has 2 aromatic rings. The van der Waals surface area contributed by atoms with Crippen molar-refractivity contribution in [2.24, 2.45) is 0 Å². The van der Waals surface area contributed by atoms with Crippen molar-refractivity contribution in [3.05, 3.63) is 46.5 Å². The number of hydrogen-bond acceptors (Lipinski definition) is 6. The molecule has 1 heterocycles. The van der Waals surface area contributed by atoms with Gasteiger partial charge in [-0.3, -0.25) is 4.79 Å². The molecule has 1 atom stereocenters. The van der Waals surface area contributed by atoms with Gasteiger partial charge >= 0.3 is 5.97 Å². The number of halogens is 1. The molecule has 8 heteroatoms. The Hall–Kier alpha value is -2.93. The van der Waals surface area contributed by atoms with Gasteiger partial charge in [-0.15, -0.1) is 0 Å². The molecule has 28 heavy (non-hydrogen) atoms. The van der Waals surface area contributed by atoms with E-state index in [1.807, 2.05) is 13.8 Å². The SMILES string of the molecule is Cc1cc(Cl)cc(C)c1OCC(=O)OC(C)C(=O)Nc1ccc2c(c1)OCO2. The highest BCUT2D eigenvalue weighted by Crippen LogP contribution is 2.34. The molecule has 1 N–H and O–H groups in total. The minimum absolute atomic E-state index is 0.146. The summed E-state index contributed by atoms with van der Waals surface area (Å²) in [7, 11) is 0. The third-order valence-electron chi connectivity index (χ3n) is 4.08. The molecule has 2 aromatic carbocycles. The Morgan fingerprint density at radius 2 is 1.82 bits per heavy atom. The van der Waals surface area contributed by atoms with Gasteiger partial charge in [-0.1, -0.05) is 11.6 Å². The van der Waals surface area contributed by atoms with Crippen LogP contribution in [-0.4, -0.2) is 31.4 Å². The monoisotopic (exact) mass is 405 g/mol. The van der Waals surface area contributed by atoms with E-state index in [0.29, 0.717) is 28.0 Å². The van der Waals surface area contributed by atoms with Crippen LogP contribution in [0.1, 0.15) is 18.1 Å². The average Bonchev–Trinajstić information content (AvgIpc) is 3.08. The van der Waals surface area contributed by atoms with Crippen molar-refractivity contribution in [3.8, 4) is 17.2 Å². The van der Waals surface area contributed by atoms with Crippen molar-refractivity contribution in [3.63, 3.8) is 0 Å². The number of benzene rings is 2. The Labute approximate surface area is 167 Å². The van der Waals surface area contributed by atoms with Crippen LogP contribution in [0.25, 0.3) is 0 Å². The van der Waals surface area contributed by atoms with E-state index in [1.165, 1.54) is 6.92 Å². The van der Waals surface area contributed by atoms with Gasteiger partial charge in [0.2, 0.25) is 6.79 Å². The molecular formula is C20H20ClNO6. The highest BCUT2D eigenvalue weighted by Gasteiger charge is 2.20. The summed E-state index contributed by atoms with van der Waals surface area (Å²) in [6, 6.07) is 8.51. The molecule has 1 aliphatic rings. The minimum Gasteiger partial charge on any atom is -0.481 e. The zero-order chi connectivity index (χ0) is 20.3. The van der Waals surface area contributed by atoms with Crippen molar-refractivity contribution in [2.45, 2.75) is 26.9 Å². The normalized spacial score (nSPS) is 13.0. The maximum absolute atomic E-state index is 12.3. The Bertz CT molecular complexity index is 891. The first-order valence-electron chi connectivity index (χ1n) is 8.63. The van der Waals surface area contributed by atoms with E-state index in [1.54, 1.807) is 30.3 Å². The lowest BCUT2D eigenvalue weighted by atomic mass is 10.1. The Morgan fingerprint density at radius 3 is 2.54 bits per heavy atom. The number of ether oxygens (including phenoxy) is 4. The number of amides is 1. The summed E-state index contributed by atoms with van der Waals surface area (Å²) in [6.45, 7) is 4.99. The maximum Gasteiger partial charge on any atom is 0.344 e. The number of esters is 1. The molecule has 0 saturated heterocycles. The number of anilines is 1. The van der Waals surface area contributed by atoms with Crippen molar-refractivity contribution < 1.29 is 28.5 Å². The van der Waals surface area contributed by atoms with Gasteiger partial charge < -0.3 is 24.3 Å². The van der Waals surface area contributed by atoms with Crippen LogP contribution in [0.2, 0.25) is 5.02 Å². The second kappa shape index (κ2) is 8.39. The third kappa shape index (κ3) is 4.67. The molecule has 0 aromatic heterocycles. The number of rotatable bonds is 6. The molecule has 148 valence electrons. The van der Waals surface area contributed by atoms with Crippen LogP contribution >= 0.6 is 11.6 Å². The van der Waals surface area contributed by atoms with Gasteiger partial charge in [0.25, 0.3) is 5.91 Å². The van der Waals surface area contributed by atoms with Crippen LogP contribution in [0.4, 0.5) is 5.69 Å². The zero-order valence-electron chi connectivity index (χ0n) is 15.7. The number of nitrogens with one attached hydrogen (secondary N) is 1. The zero-order valence-corrected chi connectivity index (χ0v) is 16.5. The number of hydrogen-bond donors (Lipinski definition) is 1. The van der Waals surface area contributed by atoms with Gasteiger partial charge in [-0.2, -0.15) is 0 Å². The van der Waals surface area contributed by atoms with Crippen LogP contribution in [0.3, 0.4) is 0 Å². The molecule has 0 aliphatic carbocycles. The molecule has 1 amide bonds. The Morgan fingerprint density at radius 1 is 1.14 bits per heavy atom. The lowest BCUT2D eigenvalue weighted by Crippen LogP contribution is -2.31. The standard InChI is InChI=1S/C20H20ClNO6/c1-11-6-14(21)7-12(2)19(11)25-9-18(23)28-13(3)20(24)22-15-4-5-16-17(8-15)27-10-26-16/h4-8,13H,9-10H2,1-3H3,(H,22,24). The minimum atomic E-state index is -0.992. The van der Waals surface area contributed by atoms with E-state index in [-0.39, 0.29) is 13.4 Å². The van der Waals surface area contributed by atoms with E-state index in [9.17, 15) is 9.59 Å². The summed E-state index contributed by atoms with van der Waals surface area (Å²) in [5.41, 5.74) is 2.14. The van der Waals surface area contributed by atoms with E-state index in [0.717, 1.165) is 11.1 Å². The van der Waals surface area contributed by atoms with Gasteiger partial charge in [0, 0.05) is 16.8 Å². The first-order valence-corrected chi connectivity index (χ1v) is 9.01. The molecule has 0 radical (unpaired) electrons. The van der Waals surface area contributed by atoms with Crippen LogP contribution in [0.15, 0.2) is 30.3 Å². The molecule has 1 unspecified atom stereocenters. The molecule has 0 fully saturated rings. The Kier molecular flexibility index (Phi) is 5.94. The van der Waals surface area contributed by atoms with Gasteiger partial charge in [0.1, 0.15) is 5.75 Å². The smallest absolute Gasteiger partial charge is 0.344 e. The predicted molar refractivity (Wildman–Crippen MR) is 103 cm³/mol. The van der Waals surface area contributed by atoms with Crippen molar-refractivity contribution in [2.75, 3.05) is 18.7 Å². The van der Waals surface area contributed by atoms with Crippen molar-refractivity contribution in [1.82, 2.24) is 0 Å². The van der Waals surface area contributed by atoms with E-state index < -0.39 is 18.0 Å². The van der Waals surface area contributed by atoms with Crippen LogP contribution in [0.5, 0.6) is 17.2 Å². The molecule has 0 saturated carbocycles. The third-order valence-corrected chi connectivity index (χ3v) is 4.30. The van der Waals surface area contributed by atoms with Gasteiger partial charge in [-0.05, 0) is 56.2 Å². The number of fused-ring (bicyclic) bond motifs is 1. The molecule has 1 aliphatic heterocycles.